The van der Waals surface area contributed by atoms with Crippen molar-refractivity contribution < 1.29 is 8.42 Å². The lowest BCUT2D eigenvalue weighted by Crippen LogP contribution is -2.35. The molecule has 0 unspecified atom stereocenters. The highest BCUT2D eigenvalue weighted by atomic mass is 32.2. The van der Waals surface area contributed by atoms with Crippen LogP contribution in [0.3, 0.4) is 0 Å². The molecule has 0 radical (unpaired) electrons. The second-order valence-electron chi connectivity index (χ2n) is 2.96. The van der Waals surface area contributed by atoms with E-state index in [0.717, 1.165) is 5.56 Å². The first kappa shape index (κ1) is 11.2. The Labute approximate surface area is 84.5 Å². The fourth-order valence-electron chi connectivity index (χ4n) is 1.17. The Morgan fingerprint density at radius 1 is 1.29 bits per heavy atom. The van der Waals surface area contributed by atoms with Crippen molar-refractivity contribution in [1.29, 1.82) is 0 Å². The van der Waals surface area contributed by atoms with E-state index >= 15 is 0 Å². The predicted octanol–water partition coefficient (Wildman–Crippen LogP) is 0.712. The van der Waals surface area contributed by atoms with Crippen LogP contribution in [0.25, 0.3) is 0 Å². The molecule has 0 fully saturated rings. The van der Waals surface area contributed by atoms with Gasteiger partial charge in [0.2, 0.25) is 0 Å². The van der Waals surface area contributed by atoms with Crippen molar-refractivity contribution in [3.05, 3.63) is 35.9 Å². The van der Waals surface area contributed by atoms with Gasteiger partial charge in [0, 0.05) is 13.1 Å². The van der Waals surface area contributed by atoms with Gasteiger partial charge in [-0.3, -0.25) is 0 Å². The summed E-state index contributed by atoms with van der Waals surface area (Å²) in [6.45, 7) is 2.47. The largest absolute Gasteiger partial charge is 0.277 e. The second-order valence-corrected chi connectivity index (χ2v) is 4.50. The summed E-state index contributed by atoms with van der Waals surface area (Å²) in [5.41, 5.74) is 0.934. The first-order valence-electron chi connectivity index (χ1n) is 4.36. The van der Waals surface area contributed by atoms with Crippen LogP contribution < -0.4 is 5.14 Å². The van der Waals surface area contributed by atoms with Gasteiger partial charge in [0.25, 0.3) is 10.2 Å². The maximum absolute atomic E-state index is 11.1. The predicted molar refractivity (Wildman–Crippen MR) is 55.6 cm³/mol. The molecule has 0 saturated heterocycles. The summed E-state index contributed by atoms with van der Waals surface area (Å²) in [5, 5.41) is 5.04. The lowest BCUT2D eigenvalue weighted by molar-refractivity contribution is 0.424. The summed E-state index contributed by atoms with van der Waals surface area (Å²) in [6, 6.07) is 9.36. The Balaban J connectivity index is 2.77. The molecule has 1 aromatic rings. The number of nitrogens with zero attached hydrogens (tertiary/aromatic N) is 1. The van der Waals surface area contributed by atoms with Gasteiger partial charge in [-0.25, -0.2) is 5.14 Å². The lowest BCUT2D eigenvalue weighted by atomic mass is 10.2. The molecular formula is C9H14N2O2S. The third-order valence-electron chi connectivity index (χ3n) is 1.91. The monoisotopic (exact) mass is 214 g/mol. The van der Waals surface area contributed by atoms with Crippen LogP contribution in [0, 0.1) is 0 Å². The van der Waals surface area contributed by atoms with Crippen LogP contribution in [-0.2, 0) is 16.8 Å². The normalized spacial score (nSPS) is 11.9. The molecule has 0 aliphatic rings. The maximum atomic E-state index is 11.1. The van der Waals surface area contributed by atoms with Crippen LogP contribution in [-0.4, -0.2) is 19.3 Å². The molecule has 5 heteroatoms. The van der Waals surface area contributed by atoms with Crippen LogP contribution in [0.1, 0.15) is 12.5 Å². The van der Waals surface area contributed by atoms with Crippen molar-refractivity contribution in [2.75, 3.05) is 6.54 Å². The van der Waals surface area contributed by atoms with E-state index in [-0.39, 0.29) is 0 Å². The summed E-state index contributed by atoms with van der Waals surface area (Å²) in [4.78, 5) is 0. The van der Waals surface area contributed by atoms with E-state index in [1.165, 1.54) is 4.31 Å². The molecule has 0 amide bonds. The first-order chi connectivity index (χ1) is 6.54. The van der Waals surface area contributed by atoms with Crippen molar-refractivity contribution in [3.8, 4) is 0 Å². The number of hydrogen-bond donors (Lipinski definition) is 1. The lowest BCUT2D eigenvalue weighted by Gasteiger charge is -2.16. The maximum Gasteiger partial charge on any atom is 0.277 e. The zero-order valence-corrected chi connectivity index (χ0v) is 8.87. The van der Waals surface area contributed by atoms with Gasteiger partial charge in [0.05, 0.1) is 0 Å². The minimum atomic E-state index is -3.58. The smallest absolute Gasteiger partial charge is 0.216 e. The molecule has 0 spiro atoms. The van der Waals surface area contributed by atoms with E-state index in [2.05, 4.69) is 0 Å². The first-order valence-corrected chi connectivity index (χ1v) is 5.86. The molecule has 0 aliphatic carbocycles. The highest BCUT2D eigenvalue weighted by Crippen LogP contribution is 2.05. The van der Waals surface area contributed by atoms with Crippen molar-refractivity contribution >= 4 is 10.2 Å². The van der Waals surface area contributed by atoms with E-state index in [1.807, 2.05) is 30.3 Å². The summed E-state index contributed by atoms with van der Waals surface area (Å²) < 4.78 is 23.4. The Morgan fingerprint density at radius 2 is 1.86 bits per heavy atom. The minimum absolute atomic E-state index is 0.330. The van der Waals surface area contributed by atoms with Gasteiger partial charge in [-0.05, 0) is 5.56 Å². The molecule has 1 aromatic carbocycles. The van der Waals surface area contributed by atoms with Crippen molar-refractivity contribution in [3.63, 3.8) is 0 Å². The highest BCUT2D eigenvalue weighted by molar-refractivity contribution is 7.86. The Bertz CT molecular complexity index is 375. The zero-order chi connectivity index (χ0) is 10.6. The second kappa shape index (κ2) is 4.54. The Morgan fingerprint density at radius 3 is 2.29 bits per heavy atom. The van der Waals surface area contributed by atoms with Crippen LogP contribution in [0.4, 0.5) is 0 Å². The molecule has 0 aliphatic heterocycles. The third-order valence-corrected chi connectivity index (χ3v) is 3.02. The van der Waals surface area contributed by atoms with Gasteiger partial charge in [-0.15, -0.1) is 0 Å². The molecule has 14 heavy (non-hydrogen) atoms. The van der Waals surface area contributed by atoms with Gasteiger partial charge in [0.1, 0.15) is 0 Å². The number of nitrogens with two attached hydrogens (primary N) is 1. The van der Waals surface area contributed by atoms with E-state index in [1.54, 1.807) is 6.92 Å². The molecular weight excluding hydrogens is 200 g/mol. The van der Waals surface area contributed by atoms with Crippen molar-refractivity contribution in [2.45, 2.75) is 13.5 Å². The Kier molecular flexibility index (Phi) is 3.62. The molecule has 0 heterocycles. The Hall–Kier alpha value is -0.910. The highest BCUT2D eigenvalue weighted by Gasteiger charge is 2.14. The van der Waals surface area contributed by atoms with E-state index in [9.17, 15) is 8.42 Å². The third kappa shape index (κ3) is 3.10. The molecule has 2 N–H and O–H groups in total. The van der Waals surface area contributed by atoms with Crippen LogP contribution in [0.5, 0.6) is 0 Å². The van der Waals surface area contributed by atoms with E-state index in [0.29, 0.717) is 13.1 Å². The van der Waals surface area contributed by atoms with Gasteiger partial charge >= 0.3 is 0 Å². The topological polar surface area (TPSA) is 63.4 Å². The summed E-state index contributed by atoms with van der Waals surface area (Å²) >= 11 is 0. The fourth-order valence-corrected chi connectivity index (χ4v) is 1.86. The molecule has 1 rings (SSSR count). The standard InChI is InChI=1S/C9H14N2O2S/c1-2-11(14(10,12)13)8-9-6-4-3-5-7-9/h3-7H,2,8H2,1H3,(H2,10,12,13). The van der Waals surface area contributed by atoms with E-state index in [4.69, 9.17) is 5.14 Å². The van der Waals surface area contributed by atoms with Crippen LogP contribution in [0.2, 0.25) is 0 Å². The summed E-state index contributed by atoms with van der Waals surface area (Å²) in [5.74, 6) is 0. The fraction of sp³-hybridized carbons (Fsp3) is 0.333. The van der Waals surface area contributed by atoms with Crippen molar-refractivity contribution in [2.24, 2.45) is 5.14 Å². The average Bonchev–Trinajstić information content (AvgIpc) is 2.14. The summed E-state index contributed by atoms with van der Waals surface area (Å²) in [6.07, 6.45) is 0. The average molecular weight is 214 g/mol. The number of hydrogen-bond acceptors (Lipinski definition) is 2. The zero-order valence-electron chi connectivity index (χ0n) is 8.05. The van der Waals surface area contributed by atoms with Crippen LogP contribution in [0.15, 0.2) is 30.3 Å². The van der Waals surface area contributed by atoms with Gasteiger partial charge < -0.3 is 0 Å². The molecule has 0 atom stereocenters. The molecule has 4 nitrogen and oxygen atoms in total. The van der Waals surface area contributed by atoms with Crippen molar-refractivity contribution in [1.82, 2.24) is 4.31 Å². The van der Waals surface area contributed by atoms with Gasteiger partial charge in [-0.1, -0.05) is 37.3 Å². The molecule has 0 saturated carbocycles. The minimum Gasteiger partial charge on any atom is -0.216 e. The number of benzene rings is 1. The molecule has 78 valence electrons. The van der Waals surface area contributed by atoms with Crippen LogP contribution >= 0.6 is 0 Å². The summed E-state index contributed by atoms with van der Waals surface area (Å²) in [7, 11) is -3.58. The van der Waals surface area contributed by atoms with E-state index < -0.39 is 10.2 Å². The quantitative estimate of drug-likeness (QED) is 0.802. The van der Waals surface area contributed by atoms with Gasteiger partial charge in [-0.2, -0.15) is 12.7 Å². The molecule has 0 bridgehead atoms. The number of rotatable bonds is 4. The SMILES string of the molecule is CCN(Cc1ccccc1)S(N)(=O)=O. The van der Waals surface area contributed by atoms with Gasteiger partial charge in [0.15, 0.2) is 0 Å². The molecule has 0 aromatic heterocycles.